The summed E-state index contributed by atoms with van der Waals surface area (Å²) in [7, 11) is 0. The van der Waals surface area contributed by atoms with Gasteiger partial charge in [-0.05, 0) is 18.2 Å². The Kier molecular flexibility index (Phi) is 4.77. The fourth-order valence-corrected chi connectivity index (χ4v) is 2.36. The number of halogens is 4. The van der Waals surface area contributed by atoms with E-state index < -0.39 is 22.4 Å². The van der Waals surface area contributed by atoms with Crippen LogP contribution < -0.4 is 4.74 Å². The summed E-state index contributed by atoms with van der Waals surface area (Å²) in [6, 6.07) is 6.93. The molecule has 0 radical (unpaired) electrons. The van der Waals surface area contributed by atoms with Gasteiger partial charge in [0.1, 0.15) is 22.5 Å². The van der Waals surface area contributed by atoms with Gasteiger partial charge in [0.2, 0.25) is 0 Å². The second-order valence-corrected chi connectivity index (χ2v) is 5.49. The van der Waals surface area contributed by atoms with Crippen LogP contribution in [0, 0.1) is 27.6 Å². The van der Waals surface area contributed by atoms with E-state index >= 15 is 0 Å². The molecule has 0 amide bonds. The van der Waals surface area contributed by atoms with Crippen LogP contribution in [-0.4, -0.2) is 9.91 Å². The van der Waals surface area contributed by atoms with E-state index in [1.165, 1.54) is 6.07 Å². The number of ether oxygens (including phenoxy) is 1. The summed E-state index contributed by atoms with van der Waals surface area (Å²) in [5, 5.41) is 10.9. The minimum Gasteiger partial charge on any atom is -0.454 e. The monoisotopic (exact) mass is 380 g/mol. The highest BCUT2D eigenvalue weighted by Gasteiger charge is 2.19. The second-order valence-electron chi connectivity index (χ2n) is 5.10. The molecule has 0 saturated heterocycles. The van der Waals surface area contributed by atoms with Crippen LogP contribution in [0.4, 0.5) is 18.9 Å². The van der Waals surface area contributed by atoms with Gasteiger partial charge in [-0.3, -0.25) is 10.1 Å². The summed E-state index contributed by atoms with van der Waals surface area (Å²) >= 11 is 5.62. The fraction of sp³-hybridized carbons (Fsp3) is 0. The predicted octanol–water partition coefficient (Wildman–Crippen LogP) is 5.52. The summed E-state index contributed by atoms with van der Waals surface area (Å²) in [6.45, 7) is 0. The van der Waals surface area contributed by atoms with Gasteiger partial charge >= 0.3 is 0 Å². The van der Waals surface area contributed by atoms with Crippen LogP contribution in [0.5, 0.6) is 11.5 Å². The number of aromatic nitrogens is 1. The minimum atomic E-state index is -0.982. The van der Waals surface area contributed by atoms with E-state index in [-0.39, 0.29) is 33.5 Å². The number of hydrogen-bond acceptors (Lipinski definition) is 4. The van der Waals surface area contributed by atoms with Crippen LogP contribution in [0.1, 0.15) is 0 Å². The van der Waals surface area contributed by atoms with Gasteiger partial charge in [-0.25, -0.2) is 18.2 Å². The summed E-state index contributed by atoms with van der Waals surface area (Å²) in [5.74, 6) is -2.99. The molecule has 3 rings (SSSR count). The zero-order chi connectivity index (χ0) is 18.8. The summed E-state index contributed by atoms with van der Waals surface area (Å²) in [6.07, 6.45) is 1.07. The Bertz CT molecular complexity index is 1010. The zero-order valence-electron chi connectivity index (χ0n) is 12.7. The molecule has 5 nitrogen and oxygen atoms in total. The highest BCUT2D eigenvalue weighted by molar-refractivity contribution is 6.29. The first-order chi connectivity index (χ1) is 12.3. The lowest BCUT2D eigenvalue weighted by atomic mass is 10.1. The molecule has 0 atom stereocenters. The van der Waals surface area contributed by atoms with Crippen LogP contribution in [0.15, 0.2) is 48.7 Å². The summed E-state index contributed by atoms with van der Waals surface area (Å²) < 4.78 is 46.5. The van der Waals surface area contributed by atoms with Gasteiger partial charge in [0.25, 0.3) is 5.69 Å². The minimum absolute atomic E-state index is 0.0374. The maximum atomic E-state index is 14.2. The number of hydrogen-bond donors (Lipinski definition) is 0. The summed E-state index contributed by atoms with van der Waals surface area (Å²) in [4.78, 5) is 14.1. The lowest BCUT2D eigenvalue weighted by molar-refractivity contribution is -0.384. The zero-order valence-corrected chi connectivity index (χ0v) is 13.5. The molecule has 132 valence electrons. The van der Waals surface area contributed by atoms with Crippen molar-refractivity contribution in [2.75, 3.05) is 0 Å². The lowest BCUT2D eigenvalue weighted by Crippen LogP contribution is -1.96. The Hall–Kier alpha value is -3.13. The van der Waals surface area contributed by atoms with Gasteiger partial charge in [-0.2, -0.15) is 0 Å². The largest absolute Gasteiger partial charge is 0.454 e. The molecule has 9 heteroatoms. The molecule has 0 aliphatic rings. The third kappa shape index (κ3) is 3.60. The predicted molar refractivity (Wildman–Crippen MR) is 87.7 cm³/mol. The molecule has 1 aromatic heterocycles. The molecule has 0 spiro atoms. The van der Waals surface area contributed by atoms with Crippen molar-refractivity contribution >= 4 is 17.3 Å². The number of nitrogens with zero attached hydrogens (tertiary/aromatic N) is 2. The molecule has 1 heterocycles. The van der Waals surface area contributed by atoms with Gasteiger partial charge in [0.05, 0.1) is 4.92 Å². The summed E-state index contributed by atoms with van der Waals surface area (Å²) in [5.41, 5.74) is -0.499. The van der Waals surface area contributed by atoms with E-state index in [0.717, 1.165) is 36.5 Å². The van der Waals surface area contributed by atoms with E-state index in [0.29, 0.717) is 6.07 Å². The molecule has 0 saturated carbocycles. The SMILES string of the molecule is O=[N+]([O-])c1ccc(Oc2ccc(F)cc2F)c(-c2cnc(Cl)cc2F)c1. The van der Waals surface area contributed by atoms with Crippen LogP contribution in [0.2, 0.25) is 5.15 Å². The molecule has 0 N–H and O–H groups in total. The quantitative estimate of drug-likeness (QED) is 0.339. The third-order valence-corrected chi connectivity index (χ3v) is 3.60. The van der Waals surface area contributed by atoms with Crippen molar-refractivity contribution in [3.8, 4) is 22.6 Å². The number of nitro groups is 1. The number of non-ortho nitro benzene ring substituents is 1. The Balaban J connectivity index is 2.14. The molecule has 2 aromatic carbocycles. The Morgan fingerprint density at radius 2 is 1.69 bits per heavy atom. The third-order valence-electron chi connectivity index (χ3n) is 3.40. The van der Waals surface area contributed by atoms with Crippen LogP contribution in [-0.2, 0) is 0 Å². The molecule has 0 bridgehead atoms. The number of pyridine rings is 1. The highest BCUT2D eigenvalue weighted by atomic mass is 35.5. The first kappa shape index (κ1) is 17.7. The first-order valence-corrected chi connectivity index (χ1v) is 7.45. The van der Waals surface area contributed by atoms with Gasteiger partial charge in [0.15, 0.2) is 11.6 Å². The average molecular weight is 381 g/mol. The first-order valence-electron chi connectivity index (χ1n) is 7.08. The molecule has 26 heavy (non-hydrogen) atoms. The van der Waals surface area contributed by atoms with Gasteiger partial charge in [-0.1, -0.05) is 11.6 Å². The van der Waals surface area contributed by atoms with Gasteiger partial charge < -0.3 is 4.74 Å². The molecule has 0 aliphatic carbocycles. The molecule has 0 aliphatic heterocycles. The van der Waals surface area contributed by atoms with Gasteiger partial charge in [0, 0.05) is 41.6 Å². The topological polar surface area (TPSA) is 65.3 Å². The average Bonchev–Trinajstić information content (AvgIpc) is 2.58. The number of benzene rings is 2. The Labute approximate surface area is 149 Å². The fourth-order valence-electron chi connectivity index (χ4n) is 2.21. The molecule has 0 unspecified atom stereocenters. The van der Waals surface area contributed by atoms with E-state index in [2.05, 4.69) is 4.98 Å². The van der Waals surface area contributed by atoms with Crippen molar-refractivity contribution in [3.05, 3.63) is 81.4 Å². The van der Waals surface area contributed by atoms with Crippen molar-refractivity contribution in [2.45, 2.75) is 0 Å². The maximum Gasteiger partial charge on any atom is 0.270 e. The molecule has 0 fully saturated rings. The van der Waals surface area contributed by atoms with E-state index in [9.17, 15) is 23.3 Å². The van der Waals surface area contributed by atoms with Crippen molar-refractivity contribution in [3.63, 3.8) is 0 Å². The van der Waals surface area contributed by atoms with Crippen LogP contribution >= 0.6 is 11.6 Å². The Morgan fingerprint density at radius 3 is 2.35 bits per heavy atom. The van der Waals surface area contributed by atoms with Crippen molar-refractivity contribution in [2.24, 2.45) is 0 Å². The highest BCUT2D eigenvalue weighted by Crippen LogP contribution is 2.38. The lowest BCUT2D eigenvalue weighted by Gasteiger charge is -2.12. The van der Waals surface area contributed by atoms with E-state index in [4.69, 9.17) is 16.3 Å². The van der Waals surface area contributed by atoms with Crippen molar-refractivity contribution < 1.29 is 22.8 Å². The normalized spacial score (nSPS) is 10.6. The number of rotatable bonds is 4. The standard InChI is InChI=1S/C17H8ClF3N2O3/c18-17-7-13(20)12(8-22-17)11-6-10(23(24)25)2-4-15(11)26-16-3-1-9(19)5-14(16)21/h1-8H. The number of nitro benzene ring substituents is 1. The van der Waals surface area contributed by atoms with E-state index in [1.54, 1.807) is 0 Å². The molecular formula is C17H8ClF3N2O3. The molecule has 3 aromatic rings. The van der Waals surface area contributed by atoms with Crippen LogP contribution in [0.25, 0.3) is 11.1 Å². The van der Waals surface area contributed by atoms with Crippen molar-refractivity contribution in [1.29, 1.82) is 0 Å². The van der Waals surface area contributed by atoms with E-state index in [1.807, 2.05) is 0 Å². The van der Waals surface area contributed by atoms with Gasteiger partial charge in [-0.15, -0.1) is 0 Å². The smallest absolute Gasteiger partial charge is 0.270 e. The van der Waals surface area contributed by atoms with Crippen LogP contribution in [0.3, 0.4) is 0 Å². The maximum absolute atomic E-state index is 14.2. The second kappa shape index (κ2) is 7.01. The Morgan fingerprint density at radius 1 is 0.962 bits per heavy atom. The molecular weight excluding hydrogens is 373 g/mol. The van der Waals surface area contributed by atoms with Crippen molar-refractivity contribution in [1.82, 2.24) is 4.98 Å².